The van der Waals surface area contributed by atoms with Crippen LogP contribution < -0.4 is 5.32 Å². The summed E-state index contributed by atoms with van der Waals surface area (Å²) in [5.74, 6) is -0.566. The predicted molar refractivity (Wildman–Crippen MR) is 120 cm³/mol. The summed E-state index contributed by atoms with van der Waals surface area (Å²) < 4.78 is 28.1. The van der Waals surface area contributed by atoms with Crippen LogP contribution in [0, 0.1) is 26.7 Å². The molecule has 162 valence electrons. The largest absolute Gasteiger partial charge is 0.352 e. The first-order valence-electron chi connectivity index (χ1n) is 9.89. The van der Waals surface area contributed by atoms with E-state index in [4.69, 9.17) is 23.2 Å². The standard InChI is InChI=1S/C22H26Cl2N2O3S/c1-14-9-15(2)21(16(3)10-14)30(28,29)26-8-4-5-18(13-26)22(27)25-12-17-6-7-19(23)11-20(17)24/h6-7,9-11,18H,4-5,8,12-13H2,1-3H3,(H,25,27). The lowest BCUT2D eigenvalue weighted by Crippen LogP contribution is -2.45. The number of piperidine rings is 1. The van der Waals surface area contributed by atoms with E-state index in [-0.39, 0.29) is 19.0 Å². The Morgan fingerprint density at radius 3 is 2.43 bits per heavy atom. The third-order valence-electron chi connectivity index (χ3n) is 5.43. The summed E-state index contributed by atoms with van der Waals surface area (Å²) >= 11 is 12.1. The summed E-state index contributed by atoms with van der Waals surface area (Å²) in [6.45, 7) is 6.45. The Morgan fingerprint density at radius 1 is 1.13 bits per heavy atom. The predicted octanol–water partition coefficient (Wildman–Crippen LogP) is 4.64. The third kappa shape index (κ3) is 4.99. The second kappa shape index (κ2) is 9.27. The van der Waals surface area contributed by atoms with Crippen molar-refractivity contribution >= 4 is 39.1 Å². The molecule has 1 amide bonds. The molecule has 2 aromatic rings. The summed E-state index contributed by atoms with van der Waals surface area (Å²) in [6, 6.07) is 8.88. The van der Waals surface area contributed by atoms with Gasteiger partial charge >= 0.3 is 0 Å². The fourth-order valence-corrected chi connectivity index (χ4v) is 6.48. The quantitative estimate of drug-likeness (QED) is 0.694. The van der Waals surface area contributed by atoms with Crippen LogP contribution in [-0.4, -0.2) is 31.7 Å². The molecule has 1 saturated heterocycles. The molecule has 8 heteroatoms. The van der Waals surface area contributed by atoms with Crippen molar-refractivity contribution in [3.63, 3.8) is 0 Å². The molecule has 3 rings (SSSR count). The molecular formula is C22H26Cl2N2O3S. The minimum absolute atomic E-state index is 0.168. The van der Waals surface area contributed by atoms with Crippen LogP contribution in [-0.2, 0) is 21.4 Å². The zero-order valence-electron chi connectivity index (χ0n) is 17.3. The molecule has 1 unspecified atom stereocenters. The molecule has 0 saturated carbocycles. The van der Waals surface area contributed by atoms with E-state index >= 15 is 0 Å². The van der Waals surface area contributed by atoms with Gasteiger partial charge in [-0.05, 0) is 62.4 Å². The smallest absolute Gasteiger partial charge is 0.243 e. The number of halogens is 2. The minimum Gasteiger partial charge on any atom is -0.352 e. The topological polar surface area (TPSA) is 66.5 Å². The third-order valence-corrected chi connectivity index (χ3v) is 8.18. The van der Waals surface area contributed by atoms with Crippen molar-refractivity contribution < 1.29 is 13.2 Å². The van der Waals surface area contributed by atoms with E-state index in [0.29, 0.717) is 34.3 Å². The average Bonchev–Trinajstić information content (AvgIpc) is 2.66. The second-order valence-electron chi connectivity index (χ2n) is 7.88. The first kappa shape index (κ1) is 23.1. The van der Waals surface area contributed by atoms with Crippen molar-refractivity contribution in [2.24, 2.45) is 5.92 Å². The van der Waals surface area contributed by atoms with E-state index in [1.807, 2.05) is 32.9 Å². The van der Waals surface area contributed by atoms with Crippen molar-refractivity contribution in [1.82, 2.24) is 9.62 Å². The molecule has 0 bridgehead atoms. The molecule has 1 heterocycles. The summed E-state index contributed by atoms with van der Waals surface area (Å²) in [4.78, 5) is 13.1. The van der Waals surface area contributed by atoms with Gasteiger partial charge in [0, 0.05) is 29.7 Å². The number of aryl methyl sites for hydroxylation is 3. The van der Waals surface area contributed by atoms with E-state index in [2.05, 4.69) is 5.32 Å². The lowest BCUT2D eigenvalue weighted by atomic mass is 9.99. The molecule has 1 aliphatic heterocycles. The van der Waals surface area contributed by atoms with Crippen molar-refractivity contribution in [3.8, 4) is 0 Å². The highest BCUT2D eigenvalue weighted by Gasteiger charge is 2.34. The van der Waals surface area contributed by atoms with Crippen molar-refractivity contribution in [1.29, 1.82) is 0 Å². The molecule has 0 radical (unpaired) electrons. The number of hydrogen-bond donors (Lipinski definition) is 1. The van der Waals surface area contributed by atoms with Crippen LogP contribution in [0.3, 0.4) is 0 Å². The summed E-state index contributed by atoms with van der Waals surface area (Å²) in [5.41, 5.74) is 3.26. The maximum Gasteiger partial charge on any atom is 0.243 e. The van der Waals surface area contributed by atoms with Gasteiger partial charge in [0.1, 0.15) is 0 Å². The Bertz CT molecular complexity index is 1050. The highest BCUT2D eigenvalue weighted by Crippen LogP contribution is 2.29. The number of carbonyl (C=O) groups excluding carboxylic acids is 1. The average molecular weight is 469 g/mol. The number of nitrogens with zero attached hydrogens (tertiary/aromatic N) is 1. The summed E-state index contributed by atoms with van der Waals surface area (Å²) in [7, 11) is -3.67. The fourth-order valence-electron chi connectivity index (χ4n) is 4.07. The summed E-state index contributed by atoms with van der Waals surface area (Å²) in [6.07, 6.45) is 1.29. The maximum absolute atomic E-state index is 13.3. The van der Waals surface area contributed by atoms with E-state index in [1.165, 1.54) is 4.31 Å². The zero-order valence-corrected chi connectivity index (χ0v) is 19.7. The molecule has 1 N–H and O–H groups in total. The highest BCUT2D eigenvalue weighted by molar-refractivity contribution is 7.89. The van der Waals surface area contributed by atoms with Gasteiger partial charge in [0.05, 0.1) is 10.8 Å². The van der Waals surface area contributed by atoms with Gasteiger partial charge in [0.25, 0.3) is 0 Å². The number of rotatable bonds is 5. The number of amides is 1. The molecule has 2 aromatic carbocycles. The first-order valence-corrected chi connectivity index (χ1v) is 12.1. The highest BCUT2D eigenvalue weighted by atomic mass is 35.5. The molecule has 0 aromatic heterocycles. The fraction of sp³-hybridized carbons (Fsp3) is 0.409. The number of benzene rings is 2. The molecule has 1 aliphatic rings. The van der Waals surface area contributed by atoms with E-state index in [1.54, 1.807) is 18.2 Å². The van der Waals surface area contributed by atoms with E-state index < -0.39 is 15.9 Å². The van der Waals surface area contributed by atoms with Gasteiger partial charge in [-0.2, -0.15) is 4.31 Å². The first-order chi connectivity index (χ1) is 14.1. The Labute approximate surface area is 188 Å². The van der Waals surface area contributed by atoms with Crippen molar-refractivity contribution in [2.75, 3.05) is 13.1 Å². The normalized spacial score (nSPS) is 17.7. The van der Waals surface area contributed by atoms with E-state index in [0.717, 1.165) is 22.3 Å². The van der Waals surface area contributed by atoms with Gasteiger partial charge in [0.2, 0.25) is 15.9 Å². The molecule has 1 atom stereocenters. The van der Waals surface area contributed by atoms with Crippen molar-refractivity contribution in [3.05, 3.63) is 62.6 Å². The monoisotopic (exact) mass is 468 g/mol. The van der Waals surface area contributed by atoms with Crippen LogP contribution in [0.2, 0.25) is 10.0 Å². The number of hydrogen-bond acceptors (Lipinski definition) is 3. The summed E-state index contributed by atoms with van der Waals surface area (Å²) in [5, 5.41) is 3.90. The van der Waals surface area contributed by atoms with Gasteiger partial charge in [0.15, 0.2) is 0 Å². The Kier molecular flexibility index (Phi) is 7.13. The van der Waals surface area contributed by atoms with Crippen LogP contribution in [0.1, 0.15) is 35.1 Å². The van der Waals surface area contributed by atoms with Crippen LogP contribution in [0.15, 0.2) is 35.2 Å². The second-order valence-corrected chi connectivity index (χ2v) is 10.6. The number of nitrogens with one attached hydrogen (secondary N) is 1. The lowest BCUT2D eigenvalue weighted by Gasteiger charge is -2.32. The lowest BCUT2D eigenvalue weighted by molar-refractivity contribution is -0.126. The Morgan fingerprint density at radius 2 is 1.80 bits per heavy atom. The zero-order chi connectivity index (χ0) is 22.1. The van der Waals surface area contributed by atoms with E-state index in [9.17, 15) is 13.2 Å². The number of sulfonamides is 1. The van der Waals surface area contributed by atoms with Gasteiger partial charge in [-0.25, -0.2) is 8.42 Å². The Hall–Kier alpha value is -1.60. The van der Waals surface area contributed by atoms with Crippen LogP contribution in [0.25, 0.3) is 0 Å². The van der Waals surface area contributed by atoms with Crippen molar-refractivity contribution in [2.45, 2.75) is 45.1 Å². The van der Waals surface area contributed by atoms with Crippen LogP contribution in [0.5, 0.6) is 0 Å². The van der Waals surface area contributed by atoms with Crippen LogP contribution in [0.4, 0.5) is 0 Å². The number of carbonyl (C=O) groups is 1. The molecule has 0 aliphatic carbocycles. The van der Waals surface area contributed by atoms with Crippen LogP contribution >= 0.6 is 23.2 Å². The molecule has 1 fully saturated rings. The Balaban J connectivity index is 1.72. The minimum atomic E-state index is -3.67. The molecule has 0 spiro atoms. The van der Waals surface area contributed by atoms with Gasteiger partial charge in [-0.15, -0.1) is 0 Å². The molecule has 30 heavy (non-hydrogen) atoms. The van der Waals surface area contributed by atoms with Gasteiger partial charge in [-0.1, -0.05) is 47.0 Å². The van der Waals surface area contributed by atoms with Gasteiger partial charge in [-0.3, -0.25) is 4.79 Å². The SMILES string of the molecule is Cc1cc(C)c(S(=O)(=O)N2CCCC(C(=O)NCc3ccc(Cl)cc3Cl)C2)c(C)c1. The molecule has 5 nitrogen and oxygen atoms in total. The maximum atomic E-state index is 13.3. The molecular weight excluding hydrogens is 443 g/mol. The van der Waals surface area contributed by atoms with Gasteiger partial charge < -0.3 is 5.32 Å².